The van der Waals surface area contributed by atoms with Crippen LogP contribution in [-0.2, 0) is 0 Å². The van der Waals surface area contributed by atoms with E-state index in [1.54, 1.807) is 23.5 Å². The van der Waals surface area contributed by atoms with Crippen LogP contribution in [0.3, 0.4) is 0 Å². The highest BCUT2D eigenvalue weighted by molar-refractivity contribution is 9.10. The summed E-state index contributed by atoms with van der Waals surface area (Å²) in [6.45, 7) is 3.05. The number of halogens is 2. The summed E-state index contributed by atoms with van der Waals surface area (Å²) in [4.78, 5) is 1.19. The average molecular weight is 370 g/mol. The highest BCUT2D eigenvalue weighted by atomic mass is 79.9. The molecule has 0 aliphatic carbocycles. The van der Waals surface area contributed by atoms with Crippen molar-refractivity contribution in [3.05, 3.63) is 50.4 Å². The Hall–Kier alpha value is -0.910. The van der Waals surface area contributed by atoms with Crippen LogP contribution in [0.1, 0.15) is 42.4 Å². The molecule has 0 bridgehead atoms. The fourth-order valence-electron chi connectivity index (χ4n) is 2.65. The topological polar surface area (TPSA) is 21.3 Å². The molecule has 112 valence electrons. The van der Waals surface area contributed by atoms with E-state index < -0.39 is 0 Å². The van der Waals surface area contributed by atoms with Gasteiger partial charge in [-0.1, -0.05) is 6.92 Å². The Morgan fingerprint density at radius 2 is 2.29 bits per heavy atom. The highest BCUT2D eigenvalue weighted by Crippen LogP contribution is 2.44. The van der Waals surface area contributed by atoms with E-state index in [-0.39, 0.29) is 18.0 Å². The van der Waals surface area contributed by atoms with E-state index in [4.69, 9.17) is 4.74 Å². The van der Waals surface area contributed by atoms with Gasteiger partial charge < -0.3 is 10.1 Å². The number of nitrogens with one attached hydrogen (secondary N) is 1. The molecule has 21 heavy (non-hydrogen) atoms. The molecule has 2 heterocycles. The quantitative estimate of drug-likeness (QED) is 0.797. The molecule has 0 amide bonds. The second kappa shape index (κ2) is 6.46. The second-order valence-electron chi connectivity index (χ2n) is 5.16. The normalized spacial score (nSPS) is 20.9. The lowest BCUT2D eigenvalue weighted by Gasteiger charge is -2.32. The number of fused-ring (bicyclic) bond motifs is 1. The molecule has 5 heteroatoms. The third-order valence-electron chi connectivity index (χ3n) is 3.64. The van der Waals surface area contributed by atoms with Crippen molar-refractivity contribution in [3.8, 4) is 5.75 Å². The van der Waals surface area contributed by atoms with Crippen molar-refractivity contribution in [2.24, 2.45) is 0 Å². The van der Waals surface area contributed by atoms with Gasteiger partial charge in [-0.2, -0.15) is 0 Å². The van der Waals surface area contributed by atoms with Crippen LogP contribution < -0.4 is 10.1 Å². The van der Waals surface area contributed by atoms with Crippen LogP contribution in [0.4, 0.5) is 4.39 Å². The third kappa shape index (κ3) is 3.15. The summed E-state index contributed by atoms with van der Waals surface area (Å²) in [5.74, 6) is 0.568. The lowest BCUT2D eigenvalue weighted by atomic mass is 9.95. The largest absolute Gasteiger partial charge is 0.484 e. The van der Waals surface area contributed by atoms with Gasteiger partial charge in [0.2, 0.25) is 0 Å². The van der Waals surface area contributed by atoms with Crippen molar-refractivity contribution in [1.29, 1.82) is 0 Å². The first-order chi connectivity index (χ1) is 10.2. The van der Waals surface area contributed by atoms with Gasteiger partial charge in [-0.05, 0) is 58.5 Å². The van der Waals surface area contributed by atoms with Gasteiger partial charge in [-0.15, -0.1) is 11.3 Å². The molecule has 2 unspecified atom stereocenters. The summed E-state index contributed by atoms with van der Waals surface area (Å²) < 4.78 is 20.7. The van der Waals surface area contributed by atoms with Crippen molar-refractivity contribution in [2.75, 3.05) is 6.54 Å². The van der Waals surface area contributed by atoms with Crippen LogP contribution in [0.15, 0.2) is 34.1 Å². The van der Waals surface area contributed by atoms with Gasteiger partial charge in [0.15, 0.2) is 0 Å². The molecule has 1 aliphatic heterocycles. The Kier molecular flexibility index (Phi) is 4.62. The molecule has 3 rings (SSSR count). The molecule has 2 nitrogen and oxygen atoms in total. The maximum Gasteiger partial charge on any atom is 0.136 e. The SMILES string of the molecule is CCCNC1CC(c2sccc2Br)Oc2ccc(F)cc21. The van der Waals surface area contributed by atoms with Crippen molar-refractivity contribution in [2.45, 2.75) is 31.9 Å². The van der Waals surface area contributed by atoms with E-state index in [9.17, 15) is 4.39 Å². The minimum absolute atomic E-state index is 0.00620. The third-order valence-corrected chi connectivity index (χ3v) is 5.61. The van der Waals surface area contributed by atoms with Gasteiger partial charge in [-0.3, -0.25) is 0 Å². The Morgan fingerprint density at radius 1 is 1.43 bits per heavy atom. The van der Waals surface area contributed by atoms with E-state index in [0.29, 0.717) is 0 Å². The smallest absolute Gasteiger partial charge is 0.136 e. The van der Waals surface area contributed by atoms with Crippen molar-refractivity contribution in [3.63, 3.8) is 0 Å². The summed E-state index contributed by atoms with van der Waals surface area (Å²) in [5, 5.41) is 5.56. The van der Waals surface area contributed by atoms with Gasteiger partial charge in [-0.25, -0.2) is 4.39 Å². The maximum atomic E-state index is 13.5. The molecule has 2 atom stereocenters. The number of hydrogen-bond acceptors (Lipinski definition) is 3. The van der Waals surface area contributed by atoms with Gasteiger partial charge in [0.1, 0.15) is 17.7 Å². The van der Waals surface area contributed by atoms with Gasteiger partial charge in [0.05, 0.1) is 4.88 Å². The summed E-state index contributed by atoms with van der Waals surface area (Å²) in [7, 11) is 0. The van der Waals surface area contributed by atoms with E-state index in [1.807, 2.05) is 6.07 Å². The molecule has 0 radical (unpaired) electrons. The van der Waals surface area contributed by atoms with Crippen molar-refractivity contribution < 1.29 is 9.13 Å². The Bertz CT molecular complexity index is 630. The monoisotopic (exact) mass is 369 g/mol. The fraction of sp³-hybridized carbons (Fsp3) is 0.375. The number of rotatable bonds is 4. The lowest BCUT2D eigenvalue weighted by Crippen LogP contribution is -2.29. The van der Waals surface area contributed by atoms with Gasteiger partial charge in [0.25, 0.3) is 0 Å². The van der Waals surface area contributed by atoms with Crippen molar-refractivity contribution >= 4 is 27.3 Å². The number of thiophene rings is 1. The fourth-order valence-corrected chi connectivity index (χ4v) is 4.32. The van der Waals surface area contributed by atoms with Crippen LogP contribution in [0.25, 0.3) is 0 Å². The molecule has 1 aliphatic rings. The molecule has 1 aromatic heterocycles. The molecule has 0 spiro atoms. The lowest BCUT2D eigenvalue weighted by molar-refractivity contribution is 0.153. The van der Waals surface area contributed by atoms with Crippen molar-refractivity contribution in [1.82, 2.24) is 5.32 Å². The van der Waals surface area contributed by atoms with E-state index in [1.165, 1.54) is 10.9 Å². The molecule has 0 saturated carbocycles. The Labute approximate surface area is 136 Å². The van der Waals surface area contributed by atoms with Gasteiger partial charge >= 0.3 is 0 Å². The van der Waals surface area contributed by atoms with Crippen LogP contribution in [0, 0.1) is 5.82 Å². The number of hydrogen-bond donors (Lipinski definition) is 1. The van der Waals surface area contributed by atoms with Crippen LogP contribution in [-0.4, -0.2) is 6.54 Å². The molecular weight excluding hydrogens is 353 g/mol. The zero-order chi connectivity index (χ0) is 14.8. The number of ether oxygens (including phenoxy) is 1. The minimum Gasteiger partial charge on any atom is -0.484 e. The molecule has 0 fully saturated rings. The average Bonchev–Trinajstić information content (AvgIpc) is 2.91. The Morgan fingerprint density at radius 3 is 3.00 bits per heavy atom. The van der Waals surface area contributed by atoms with E-state index >= 15 is 0 Å². The highest BCUT2D eigenvalue weighted by Gasteiger charge is 2.31. The van der Waals surface area contributed by atoms with Gasteiger partial charge in [0, 0.05) is 22.5 Å². The first-order valence-electron chi connectivity index (χ1n) is 7.11. The first kappa shape index (κ1) is 15.0. The van der Waals surface area contributed by atoms with E-state index in [0.717, 1.165) is 35.2 Å². The summed E-state index contributed by atoms with van der Waals surface area (Å²) in [6.07, 6.45) is 1.87. The molecule has 2 aromatic rings. The zero-order valence-corrected chi connectivity index (χ0v) is 14.1. The van der Waals surface area contributed by atoms with Crippen LogP contribution in [0.2, 0.25) is 0 Å². The summed E-state index contributed by atoms with van der Waals surface area (Å²) in [5.41, 5.74) is 0.923. The minimum atomic E-state index is -0.212. The molecule has 1 aromatic carbocycles. The summed E-state index contributed by atoms with van der Waals surface area (Å²) in [6, 6.07) is 6.95. The standard InChI is InChI=1S/C16H17BrFNOS/c1-2-6-19-13-9-15(16-12(17)5-7-21-16)20-14-4-3-10(18)8-11(13)14/h3-5,7-8,13,15,19H,2,6,9H2,1H3. The predicted octanol–water partition coefficient (Wildman–Crippen LogP) is 5.21. The number of benzene rings is 1. The maximum absolute atomic E-state index is 13.5. The molecule has 1 N–H and O–H groups in total. The van der Waals surface area contributed by atoms with Crippen LogP contribution in [0.5, 0.6) is 5.75 Å². The van der Waals surface area contributed by atoms with E-state index in [2.05, 4.69) is 33.6 Å². The first-order valence-corrected chi connectivity index (χ1v) is 8.78. The van der Waals surface area contributed by atoms with Crippen LogP contribution >= 0.6 is 27.3 Å². The zero-order valence-electron chi connectivity index (χ0n) is 11.7. The second-order valence-corrected chi connectivity index (χ2v) is 6.97. The molecular formula is C16H17BrFNOS. The Balaban J connectivity index is 1.92. The molecule has 0 saturated heterocycles. The predicted molar refractivity (Wildman–Crippen MR) is 87.4 cm³/mol. The summed E-state index contributed by atoms with van der Waals surface area (Å²) >= 11 is 5.26.